The number of nitrogens with two attached hydrogens (primary N) is 1. The summed E-state index contributed by atoms with van der Waals surface area (Å²) in [6.45, 7) is 1.92. The quantitative estimate of drug-likeness (QED) is 0.592. The van der Waals surface area contributed by atoms with Gasteiger partial charge in [0.1, 0.15) is 0 Å². The maximum atomic E-state index is 12.5. The highest BCUT2D eigenvalue weighted by Gasteiger charge is 2.14. The minimum Gasteiger partial charge on any atom is -0.398 e. The van der Waals surface area contributed by atoms with Crippen LogP contribution < -0.4 is 5.73 Å². The predicted octanol–water partition coefficient (Wildman–Crippen LogP) is 2.89. The average molecular weight is 279 g/mol. The van der Waals surface area contributed by atoms with Gasteiger partial charge in [0.05, 0.1) is 12.1 Å². The summed E-state index contributed by atoms with van der Waals surface area (Å²) < 4.78 is 1.74. The van der Waals surface area contributed by atoms with Gasteiger partial charge in [0.15, 0.2) is 5.78 Å². The van der Waals surface area contributed by atoms with Crippen molar-refractivity contribution in [1.29, 1.82) is 0 Å². The third kappa shape index (κ3) is 2.52. The lowest BCUT2D eigenvalue weighted by Crippen LogP contribution is -2.10. The molecule has 0 saturated heterocycles. The maximum absolute atomic E-state index is 12.5. The van der Waals surface area contributed by atoms with Crippen molar-refractivity contribution in [3.63, 3.8) is 0 Å². The molecule has 0 spiro atoms. The summed E-state index contributed by atoms with van der Waals surface area (Å²) in [6.07, 6.45) is 0.305. The number of rotatable bonds is 3. The zero-order valence-electron chi connectivity index (χ0n) is 12.1. The fourth-order valence-corrected chi connectivity index (χ4v) is 2.59. The Morgan fingerprint density at radius 2 is 1.86 bits per heavy atom. The standard InChI is InChI=1S/C17H17N3O/c1-11-7-14(20(2)19-11)10-17(21)15-8-12-5-3-4-6-13(12)9-16(15)18/h3-9H,10,18H2,1-2H3. The molecule has 0 aliphatic carbocycles. The fraction of sp³-hybridized carbons (Fsp3) is 0.176. The summed E-state index contributed by atoms with van der Waals surface area (Å²) in [5, 5.41) is 6.33. The molecule has 0 fully saturated rings. The Hall–Kier alpha value is -2.62. The molecule has 1 heterocycles. The highest BCUT2D eigenvalue weighted by atomic mass is 16.1. The van der Waals surface area contributed by atoms with E-state index < -0.39 is 0 Å². The zero-order chi connectivity index (χ0) is 15.0. The highest BCUT2D eigenvalue weighted by Crippen LogP contribution is 2.23. The van der Waals surface area contributed by atoms with Gasteiger partial charge in [-0.3, -0.25) is 9.48 Å². The van der Waals surface area contributed by atoms with Gasteiger partial charge < -0.3 is 5.73 Å². The molecule has 3 rings (SSSR count). The molecule has 0 radical (unpaired) electrons. The molecular formula is C17H17N3O. The fourth-order valence-electron chi connectivity index (χ4n) is 2.59. The van der Waals surface area contributed by atoms with Crippen LogP contribution in [0, 0.1) is 6.92 Å². The number of carbonyl (C=O) groups is 1. The lowest BCUT2D eigenvalue weighted by molar-refractivity contribution is 0.0991. The van der Waals surface area contributed by atoms with Crippen molar-refractivity contribution in [2.24, 2.45) is 7.05 Å². The number of fused-ring (bicyclic) bond motifs is 1. The number of aryl methyl sites for hydroxylation is 2. The molecule has 21 heavy (non-hydrogen) atoms. The van der Waals surface area contributed by atoms with Gasteiger partial charge in [-0.05, 0) is 35.9 Å². The van der Waals surface area contributed by atoms with Crippen LogP contribution in [0.1, 0.15) is 21.7 Å². The van der Waals surface area contributed by atoms with Gasteiger partial charge in [-0.1, -0.05) is 24.3 Å². The van der Waals surface area contributed by atoms with E-state index in [2.05, 4.69) is 5.10 Å². The lowest BCUT2D eigenvalue weighted by atomic mass is 10.00. The van der Waals surface area contributed by atoms with Crippen molar-refractivity contribution in [3.05, 3.63) is 59.4 Å². The number of nitrogens with zero attached hydrogens (tertiary/aromatic N) is 2. The molecule has 3 aromatic rings. The number of nitrogen functional groups attached to an aromatic ring is 1. The molecule has 0 amide bonds. The Morgan fingerprint density at radius 1 is 1.19 bits per heavy atom. The van der Waals surface area contributed by atoms with Gasteiger partial charge in [-0.25, -0.2) is 0 Å². The second-order valence-electron chi connectivity index (χ2n) is 5.29. The van der Waals surface area contributed by atoms with Gasteiger partial charge in [-0.15, -0.1) is 0 Å². The first-order valence-electron chi connectivity index (χ1n) is 6.85. The molecule has 2 aromatic carbocycles. The van der Waals surface area contributed by atoms with E-state index in [0.717, 1.165) is 22.2 Å². The number of aromatic nitrogens is 2. The largest absolute Gasteiger partial charge is 0.398 e. The Morgan fingerprint density at radius 3 is 2.48 bits per heavy atom. The summed E-state index contributed by atoms with van der Waals surface area (Å²) in [7, 11) is 1.85. The normalized spacial score (nSPS) is 11.0. The van der Waals surface area contributed by atoms with Gasteiger partial charge >= 0.3 is 0 Å². The van der Waals surface area contributed by atoms with Crippen molar-refractivity contribution < 1.29 is 4.79 Å². The van der Waals surface area contributed by atoms with Crippen LogP contribution >= 0.6 is 0 Å². The topological polar surface area (TPSA) is 60.9 Å². The number of hydrogen-bond acceptors (Lipinski definition) is 3. The molecule has 0 aliphatic rings. The molecule has 106 valence electrons. The maximum Gasteiger partial charge on any atom is 0.170 e. The molecule has 1 aromatic heterocycles. The number of Topliss-reactive ketones (excluding diaryl/α,β-unsaturated/α-hetero) is 1. The second kappa shape index (κ2) is 5.05. The van der Waals surface area contributed by atoms with E-state index in [1.54, 1.807) is 4.68 Å². The molecule has 0 bridgehead atoms. The number of hydrogen-bond donors (Lipinski definition) is 1. The Kier molecular flexibility index (Phi) is 3.22. The molecule has 0 saturated carbocycles. The summed E-state index contributed by atoms with van der Waals surface area (Å²) in [6, 6.07) is 13.5. The van der Waals surface area contributed by atoms with Gasteiger partial charge in [-0.2, -0.15) is 5.10 Å². The minimum atomic E-state index is 0.0150. The smallest absolute Gasteiger partial charge is 0.170 e. The lowest BCUT2D eigenvalue weighted by Gasteiger charge is -2.07. The van der Waals surface area contributed by atoms with Crippen LogP contribution in [0.2, 0.25) is 0 Å². The summed E-state index contributed by atoms with van der Waals surface area (Å²) in [5.74, 6) is 0.0150. The van der Waals surface area contributed by atoms with Gasteiger partial charge in [0, 0.05) is 24.0 Å². The van der Waals surface area contributed by atoms with E-state index in [9.17, 15) is 4.79 Å². The second-order valence-corrected chi connectivity index (χ2v) is 5.29. The van der Waals surface area contributed by atoms with E-state index in [4.69, 9.17) is 5.73 Å². The van der Waals surface area contributed by atoms with Crippen molar-refractivity contribution in [3.8, 4) is 0 Å². The first-order chi connectivity index (χ1) is 10.0. The zero-order valence-corrected chi connectivity index (χ0v) is 12.1. The average Bonchev–Trinajstić information content (AvgIpc) is 2.76. The van der Waals surface area contributed by atoms with Crippen LogP contribution in [0.25, 0.3) is 10.8 Å². The Balaban J connectivity index is 1.97. The SMILES string of the molecule is Cc1cc(CC(=O)c2cc3ccccc3cc2N)n(C)n1. The van der Waals surface area contributed by atoms with Crippen molar-refractivity contribution in [2.75, 3.05) is 5.73 Å². The first-order valence-corrected chi connectivity index (χ1v) is 6.85. The molecule has 2 N–H and O–H groups in total. The summed E-state index contributed by atoms with van der Waals surface area (Å²) in [5.41, 5.74) is 8.95. The minimum absolute atomic E-state index is 0.0150. The van der Waals surface area contributed by atoms with Crippen molar-refractivity contribution in [2.45, 2.75) is 13.3 Å². The third-order valence-electron chi connectivity index (χ3n) is 3.66. The summed E-state index contributed by atoms with van der Waals surface area (Å²) >= 11 is 0. The van der Waals surface area contributed by atoms with Crippen LogP contribution in [0.5, 0.6) is 0 Å². The van der Waals surface area contributed by atoms with Crippen molar-refractivity contribution >= 4 is 22.2 Å². The Labute approximate surface area is 123 Å². The van der Waals surface area contributed by atoms with E-state index >= 15 is 0 Å². The highest BCUT2D eigenvalue weighted by molar-refractivity contribution is 6.05. The number of carbonyl (C=O) groups excluding carboxylic acids is 1. The number of benzene rings is 2. The van der Waals surface area contributed by atoms with Crippen LogP contribution in [0.15, 0.2) is 42.5 Å². The molecular weight excluding hydrogens is 262 g/mol. The van der Waals surface area contributed by atoms with Crippen LogP contribution in [0.4, 0.5) is 5.69 Å². The van der Waals surface area contributed by atoms with E-state index in [0.29, 0.717) is 17.7 Å². The first kappa shape index (κ1) is 13.4. The van der Waals surface area contributed by atoms with E-state index in [-0.39, 0.29) is 5.78 Å². The number of anilines is 1. The molecule has 4 heteroatoms. The number of ketones is 1. The molecule has 0 aliphatic heterocycles. The molecule has 4 nitrogen and oxygen atoms in total. The van der Waals surface area contributed by atoms with Crippen LogP contribution in [0.3, 0.4) is 0 Å². The van der Waals surface area contributed by atoms with Crippen LogP contribution in [-0.2, 0) is 13.5 Å². The summed E-state index contributed by atoms with van der Waals surface area (Å²) in [4.78, 5) is 12.5. The predicted molar refractivity (Wildman–Crippen MR) is 84.3 cm³/mol. The van der Waals surface area contributed by atoms with Crippen molar-refractivity contribution in [1.82, 2.24) is 9.78 Å². The molecule has 0 unspecified atom stereocenters. The molecule has 0 atom stereocenters. The van der Waals surface area contributed by atoms with E-state index in [1.165, 1.54) is 0 Å². The Bertz CT molecular complexity index is 833. The van der Waals surface area contributed by atoms with Gasteiger partial charge in [0.25, 0.3) is 0 Å². The third-order valence-corrected chi connectivity index (χ3v) is 3.66. The van der Waals surface area contributed by atoms with Gasteiger partial charge in [0.2, 0.25) is 0 Å². The van der Waals surface area contributed by atoms with E-state index in [1.807, 2.05) is 56.4 Å². The van der Waals surface area contributed by atoms with Crippen LogP contribution in [-0.4, -0.2) is 15.6 Å². The monoisotopic (exact) mass is 279 g/mol.